The lowest BCUT2D eigenvalue weighted by atomic mass is 10.1. The van der Waals surface area contributed by atoms with E-state index in [9.17, 15) is 13.2 Å². The fourth-order valence-electron chi connectivity index (χ4n) is 2.24. The van der Waals surface area contributed by atoms with Gasteiger partial charge in [-0.05, 0) is 25.1 Å². The van der Waals surface area contributed by atoms with Crippen LogP contribution in [0, 0.1) is 11.3 Å². The highest BCUT2D eigenvalue weighted by Crippen LogP contribution is 2.33. The van der Waals surface area contributed by atoms with Crippen molar-refractivity contribution in [3.8, 4) is 6.07 Å². The van der Waals surface area contributed by atoms with Crippen LogP contribution in [0.4, 0.5) is 18.9 Å². The molecule has 0 aromatic heterocycles. The Balaban J connectivity index is 2.32. The number of benzene rings is 1. The van der Waals surface area contributed by atoms with Gasteiger partial charge in [0, 0.05) is 31.4 Å². The van der Waals surface area contributed by atoms with Crippen LogP contribution in [0.25, 0.3) is 0 Å². The second-order valence-corrected chi connectivity index (χ2v) is 4.64. The number of nitriles is 1. The van der Waals surface area contributed by atoms with Crippen molar-refractivity contribution in [1.82, 2.24) is 5.32 Å². The van der Waals surface area contributed by atoms with Gasteiger partial charge in [0.15, 0.2) is 0 Å². The first-order chi connectivity index (χ1) is 8.91. The molecule has 0 saturated carbocycles. The van der Waals surface area contributed by atoms with Crippen LogP contribution in [0.2, 0.25) is 0 Å². The van der Waals surface area contributed by atoms with Crippen molar-refractivity contribution in [3.63, 3.8) is 0 Å². The van der Waals surface area contributed by atoms with Gasteiger partial charge in [0.25, 0.3) is 0 Å². The molecule has 0 spiro atoms. The molecule has 0 bridgehead atoms. The van der Waals surface area contributed by atoms with E-state index in [0.29, 0.717) is 5.69 Å². The molecule has 0 unspecified atom stereocenters. The van der Waals surface area contributed by atoms with Gasteiger partial charge in [-0.3, -0.25) is 0 Å². The van der Waals surface area contributed by atoms with E-state index in [2.05, 4.69) is 5.32 Å². The maximum atomic E-state index is 12.7. The normalized spacial score (nSPS) is 20.2. The van der Waals surface area contributed by atoms with Crippen LogP contribution in [-0.4, -0.2) is 25.7 Å². The third kappa shape index (κ3) is 2.99. The Bertz CT molecular complexity index is 505. The minimum absolute atomic E-state index is 0.279. The van der Waals surface area contributed by atoms with Gasteiger partial charge in [-0.1, -0.05) is 0 Å². The molecule has 1 aromatic carbocycles. The van der Waals surface area contributed by atoms with Crippen molar-refractivity contribution >= 4 is 5.69 Å². The lowest BCUT2D eigenvalue weighted by molar-refractivity contribution is -0.137. The Morgan fingerprint density at radius 3 is 2.74 bits per heavy atom. The second kappa shape index (κ2) is 5.10. The molecule has 1 aliphatic rings. The number of anilines is 1. The van der Waals surface area contributed by atoms with Crippen LogP contribution in [-0.2, 0) is 6.18 Å². The SMILES string of the molecule is C[C@H]1CN(c2ccc(C(F)(F)F)c(C#N)c2)CCN1. The summed E-state index contributed by atoms with van der Waals surface area (Å²) in [6, 6.07) is 5.65. The average molecular weight is 269 g/mol. The van der Waals surface area contributed by atoms with Gasteiger partial charge in [-0.2, -0.15) is 18.4 Å². The van der Waals surface area contributed by atoms with Crippen molar-refractivity contribution in [2.75, 3.05) is 24.5 Å². The molecule has 6 heteroatoms. The van der Waals surface area contributed by atoms with Gasteiger partial charge >= 0.3 is 6.18 Å². The minimum atomic E-state index is -4.49. The van der Waals surface area contributed by atoms with Crippen molar-refractivity contribution in [2.24, 2.45) is 0 Å². The Morgan fingerprint density at radius 1 is 1.42 bits per heavy atom. The van der Waals surface area contributed by atoms with E-state index in [-0.39, 0.29) is 11.6 Å². The molecule has 102 valence electrons. The number of rotatable bonds is 1. The molecule has 0 aliphatic carbocycles. The molecule has 3 nitrogen and oxygen atoms in total. The van der Waals surface area contributed by atoms with E-state index in [1.54, 1.807) is 6.07 Å². The molecule has 19 heavy (non-hydrogen) atoms. The van der Waals surface area contributed by atoms with Crippen molar-refractivity contribution in [2.45, 2.75) is 19.1 Å². The smallest absolute Gasteiger partial charge is 0.369 e. The van der Waals surface area contributed by atoms with E-state index in [4.69, 9.17) is 5.26 Å². The Morgan fingerprint density at radius 2 is 2.16 bits per heavy atom. The fraction of sp³-hybridized carbons (Fsp3) is 0.462. The number of piperazine rings is 1. The van der Waals surface area contributed by atoms with Crippen LogP contribution in [0.1, 0.15) is 18.1 Å². The van der Waals surface area contributed by atoms with E-state index >= 15 is 0 Å². The van der Waals surface area contributed by atoms with E-state index in [1.807, 2.05) is 11.8 Å². The van der Waals surface area contributed by atoms with Crippen LogP contribution in [0.3, 0.4) is 0 Å². The lowest BCUT2D eigenvalue weighted by Crippen LogP contribution is -2.49. The summed E-state index contributed by atoms with van der Waals surface area (Å²) in [6.07, 6.45) is -4.49. The summed E-state index contributed by atoms with van der Waals surface area (Å²) in [6.45, 7) is 4.24. The van der Waals surface area contributed by atoms with Crippen molar-refractivity contribution in [3.05, 3.63) is 29.3 Å². The lowest BCUT2D eigenvalue weighted by Gasteiger charge is -2.33. The summed E-state index contributed by atoms with van der Waals surface area (Å²) in [7, 11) is 0. The van der Waals surface area contributed by atoms with Gasteiger partial charge in [0.05, 0.1) is 17.2 Å². The number of alkyl halides is 3. The number of hydrogen-bond donors (Lipinski definition) is 1. The van der Waals surface area contributed by atoms with Crippen LogP contribution < -0.4 is 10.2 Å². The quantitative estimate of drug-likeness (QED) is 0.850. The number of nitrogens with zero attached hydrogens (tertiary/aromatic N) is 2. The number of halogens is 3. The molecule has 1 heterocycles. The molecular weight excluding hydrogens is 255 g/mol. The second-order valence-electron chi connectivity index (χ2n) is 4.64. The maximum absolute atomic E-state index is 12.7. The standard InChI is InChI=1S/C13H14F3N3/c1-9-8-19(5-4-18-9)11-2-3-12(13(14,15)16)10(6-11)7-17/h2-3,6,9,18H,4-5,8H2,1H3/t9-/m0/s1. The zero-order valence-corrected chi connectivity index (χ0v) is 10.5. The van der Waals surface area contributed by atoms with Gasteiger partial charge in [0.1, 0.15) is 0 Å². The highest BCUT2D eigenvalue weighted by Gasteiger charge is 2.33. The minimum Gasteiger partial charge on any atom is -0.369 e. The fourth-order valence-corrected chi connectivity index (χ4v) is 2.24. The highest BCUT2D eigenvalue weighted by molar-refractivity contribution is 5.55. The van der Waals surface area contributed by atoms with Crippen molar-refractivity contribution < 1.29 is 13.2 Å². The first kappa shape index (κ1) is 13.7. The molecular formula is C13H14F3N3. The zero-order valence-electron chi connectivity index (χ0n) is 10.5. The Kier molecular flexibility index (Phi) is 3.67. The van der Waals surface area contributed by atoms with Crippen LogP contribution in [0.5, 0.6) is 0 Å². The molecule has 1 fully saturated rings. The van der Waals surface area contributed by atoms with Gasteiger partial charge in [-0.15, -0.1) is 0 Å². The predicted molar refractivity (Wildman–Crippen MR) is 65.8 cm³/mol. The first-order valence-electron chi connectivity index (χ1n) is 6.01. The van der Waals surface area contributed by atoms with E-state index in [1.165, 1.54) is 12.1 Å². The number of hydrogen-bond acceptors (Lipinski definition) is 3. The first-order valence-corrected chi connectivity index (χ1v) is 6.01. The van der Waals surface area contributed by atoms with Gasteiger partial charge < -0.3 is 10.2 Å². The highest BCUT2D eigenvalue weighted by atomic mass is 19.4. The molecule has 1 N–H and O–H groups in total. The Labute approximate surface area is 109 Å². The summed E-state index contributed by atoms with van der Waals surface area (Å²) in [5.74, 6) is 0. The molecule has 1 aliphatic heterocycles. The Hall–Kier alpha value is -1.74. The molecule has 0 amide bonds. The van der Waals surface area contributed by atoms with Crippen LogP contribution >= 0.6 is 0 Å². The molecule has 1 saturated heterocycles. The third-order valence-corrected chi connectivity index (χ3v) is 3.16. The predicted octanol–water partition coefficient (Wildman–Crippen LogP) is 2.38. The summed E-state index contributed by atoms with van der Waals surface area (Å²) in [4.78, 5) is 1.99. The van der Waals surface area contributed by atoms with Gasteiger partial charge in [-0.25, -0.2) is 0 Å². The van der Waals surface area contributed by atoms with Gasteiger partial charge in [0.2, 0.25) is 0 Å². The van der Waals surface area contributed by atoms with E-state index in [0.717, 1.165) is 25.7 Å². The molecule has 1 atom stereocenters. The van der Waals surface area contributed by atoms with E-state index < -0.39 is 11.7 Å². The maximum Gasteiger partial charge on any atom is 0.417 e. The van der Waals surface area contributed by atoms with Crippen molar-refractivity contribution in [1.29, 1.82) is 5.26 Å². The number of nitrogens with one attached hydrogen (secondary N) is 1. The summed E-state index contributed by atoms with van der Waals surface area (Å²) >= 11 is 0. The summed E-state index contributed by atoms with van der Waals surface area (Å²) < 4.78 is 38.1. The monoisotopic (exact) mass is 269 g/mol. The topological polar surface area (TPSA) is 39.1 Å². The average Bonchev–Trinajstić information content (AvgIpc) is 2.37. The summed E-state index contributed by atoms with van der Waals surface area (Å²) in [5, 5.41) is 12.1. The molecule has 1 aromatic rings. The third-order valence-electron chi connectivity index (χ3n) is 3.16. The van der Waals surface area contributed by atoms with Crippen LogP contribution in [0.15, 0.2) is 18.2 Å². The molecule has 2 rings (SSSR count). The largest absolute Gasteiger partial charge is 0.417 e. The zero-order chi connectivity index (χ0) is 14.0. The molecule has 0 radical (unpaired) electrons. The summed E-state index contributed by atoms with van der Waals surface area (Å²) in [5.41, 5.74) is -0.531.